The molecule has 3 heteroatoms. The summed E-state index contributed by atoms with van der Waals surface area (Å²) in [7, 11) is 0. The quantitative estimate of drug-likeness (QED) is 0.268. The molecule has 0 saturated heterocycles. The number of aryl methyl sites for hydroxylation is 1. The highest BCUT2D eigenvalue weighted by molar-refractivity contribution is 6.20. The molecule has 4 aromatic rings. The number of rotatable bonds is 1. The van der Waals surface area contributed by atoms with Gasteiger partial charge in [-0.05, 0) is 45.5 Å². The molecule has 0 unspecified atom stereocenters. The van der Waals surface area contributed by atoms with E-state index in [1.807, 2.05) is 36.4 Å². The summed E-state index contributed by atoms with van der Waals surface area (Å²) in [5, 5.41) is 17.3. The Morgan fingerprint density at radius 1 is 0.727 bits per heavy atom. The first-order valence-electron chi connectivity index (χ1n) is 7.15. The lowest BCUT2D eigenvalue weighted by molar-refractivity contribution is -0.382. The SMILES string of the molecule is Cc1cccc2c1ccc1c3ccccc3c([N+](=O)[O-])cc21. The molecule has 22 heavy (non-hydrogen) atoms. The van der Waals surface area contributed by atoms with Gasteiger partial charge in [-0.3, -0.25) is 10.1 Å². The molecule has 0 saturated carbocycles. The van der Waals surface area contributed by atoms with Crippen LogP contribution in [0.25, 0.3) is 32.3 Å². The van der Waals surface area contributed by atoms with Crippen LogP contribution in [0.2, 0.25) is 0 Å². The van der Waals surface area contributed by atoms with Gasteiger partial charge in [0.05, 0.1) is 10.3 Å². The Bertz CT molecular complexity index is 1070. The van der Waals surface area contributed by atoms with Gasteiger partial charge in [0.2, 0.25) is 0 Å². The molecule has 0 aliphatic heterocycles. The van der Waals surface area contributed by atoms with Gasteiger partial charge in [0, 0.05) is 6.07 Å². The van der Waals surface area contributed by atoms with Crippen molar-refractivity contribution in [1.29, 1.82) is 0 Å². The van der Waals surface area contributed by atoms with Crippen molar-refractivity contribution in [2.75, 3.05) is 0 Å². The lowest BCUT2D eigenvalue weighted by Crippen LogP contribution is -1.91. The van der Waals surface area contributed by atoms with E-state index in [-0.39, 0.29) is 10.6 Å². The molecule has 0 N–H and O–H groups in total. The average Bonchev–Trinajstić information content (AvgIpc) is 2.54. The summed E-state index contributed by atoms with van der Waals surface area (Å²) in [6, 6.07) is 19.5. The van der Waals surface area contributed by atoms with Crippen LogP contribution in [0.4, 0.5) is 5.69 Å². The minimum atomic E-state index is -0.295. The van der Waals surface area contributed by atoms with E-state index in [1.54, 1.807) is 6.07 Å². The molecule has 0 aliphatic rings. The van der Waals surface area contributed by atoms with Crippen molar-refractivity contribution in [3.63, 3.8) is 0 Å². The van der Waals surface area contributed by atoms with Gasteiger partial charge in [-0.1, -0.05) is 48.5 Å². The fourth-order valence-corrected chi connectivity index (χ4v) is 3.24. The van der Waals surface area contributed by atoms with Gasteiger partial charge >= 0.3 is 0 Å². The second-order valence-electron chi connectivity index (χ2n) is 5.53. The fraction of sp³-hybridized carbons (Fsp3) is 0.0526. The molecule has 0 spiro atoms. The van der Waals surface area contributed by atoms with E-state index in [4.69, 9.17) is 0 Å². The third-order valence-electron chi connectivity index (χ3n) is 4.29. The first kappa shape index (κ1) is 12.8. The van der Waals surface area contributed by atoms with Gasteiger partial charge in [-0.25, -0.2) is 0 Å². The predicted octanol–water partition coefficient (Wildman–Crippen LogP) is 5.36. The minimum Gasteiger partial charge on any atom is -0.258 e. The van der Waals surface area contributed by atoms with Crippen LogP contribution in [0.1, 0.15) is 5.56 Å². The second-order valence-corrected chi connectivity index (χ2v) is 5.53. The Balaban J connectivity index is 2.32. The Kier molecular flexibility index (Phi) is 2.63. The zero-order valence-corrected chi connectivity index (χ0v) is 12.0. The van der Waals surface area contributed by atoms with Gasteiger partial charge in [-0.15, -0.1) is 0 Å². The zero-order chi connectivity index (χ0) is 15.3. The van der Waals surface area contributed by atoms with Gasteiger partial charge in [0.15, 0.2) is 0 Å². The minimum absolute atomic E-state index is 0.164. The highest BCUT2D eigenvalue weighted by Crippen LogP contribution is 2.37. The number of fused-ring (bicyclic) bond motifs is 5. The molecular formula is C19H13NO2. The molecule has 0 amide bonds. The third-order valence-corrected chi connectivity index (χ3v) is 4.29. The van der Waals surface area contributed by atoms with Crippen LogP contribution in [0.15, 0.2) is 60.7 Å². The maximum atomic E-state index is 11.5. The highest BCUT2D eigenvalue weighted by atomic mass is 16.6. The Hall–Kier alpha value is -2.94. The van der Waals surface area contributed by atoms with Crippen LogP contribution in [0.3, 0.4) is 0 Å². The van der Waals surface area contributed by atoms with Crippen molar-refractivity contribution in [2.45, 2.75) is 6.92 Å². The van der Waals surface area contributed by atoms with Crippen molar-refractivity contribution in [1.82, 2.24) is 0 Å². The molecule has 106 valence electrons. The largest absolute Gasteiger partial charge is 0.277 e. The molecule has 3 nitrogen and oxygen atoms in total. The number of nitrogens with zero attached hydrogens (tertiary/aromatic N) is 1. The fourth-order valence-electron chi connectivity index (χ4n) is 3.24. The first-order valence-corrected chi connectivity index (χ1v) is 7.15. The third kappa shape index (κ3) is 1.69. The standard InChI is InChI=1S/C19H13NO2/c1-12-5-4-8-14-13(12)9-10-16-15-6-2-3-7-17(15)19(20(21)22)11-18(14)16/h2-11H,1H3. The number of nitro benzene ring substituents is 1. The van der Waals surface area contributed by atoms with Crippen molar-refractivity contribution >= 4 is 38.0 Å². The summed E-state index contributed by atoms with van der Waals surface area (Å²) in [5.41, 5.74) is 1.34. The first-order chi connectivity index (χ1) is 10.7. The number of hydrogen-bond donors (Lipinski definition) is 0. The number of benzene rings is 4. The van der Waals surface area contributed by atoms with Crippen molar-refractivity contribution in [3.8, 4) is 0 Å². The Morgan fingerprint density at radius 2 is 1.32 bits per heavy atom. The summed E-state index contributed by atoms with van der Waals surface area (Å²) in [6.07, 6.45) is 0. The molecule has 0 aliphatic carbocycles. The number of non-ortho nitro benzene ring substituents is 1. The topological polar surface area (TPSA) is 43.1 Å². The van der Waals surface area contributed by atoms with E-state index in [0.717, 1.165) is 26.9 Å². The van der Waals surface area contributed by atoms with Gasteiger partial charge in [-0.2, -0.15) is 0 Å². The number of hydrogen-bond acceptors (Lipinski definition) is 2. The molecule has 0 bridgehead atoms. The number of nitro groups is 1. The predicted molar refractivity (Wildman–Crippen MR) is 90.4 cm³/mol. The molecular weight excluding hydrogens is 274 g/mol. The molecule has 0 radical (unpaired) electrons. The molecule has 0 aromatic heterocycles. The average molecular weight is 287 g/mol. The van der Waals surface area contributed by atoms with E-state index in [9.17, 15) is 10.1 Å². The van der Waals surface area contributed by atoms with Gasteiger partial charge in [0.25, 0.3) is 5.69 Å². The van der Waals surface area contributed by atoms with Crippen molar-refractivity contribution in [2.24, 2.45) is 0 Å². The van der Waals surface area contributed by atoms with E-state index in [1.165, 1.54) is 5.56 Å². The van der Waals surface area contributed by atoms with E-state index < -0.39 is 0 Å². The monoisotopic (exact) mass is 287 g/mol. The molecule has 4 aromatic carbocycles. The lowest BCUT2D eigenvalue weighted by Gasteiger charge is -2.09. The normalized spacial score (nSPS) is 11.3. The van der Waals surface area contributed by atoms with Crippen LogP contribution in [-0.4, -0.2) is 4.92 Å². The molecule has 0 atom stereocenters. The molecule has 0 fully saturated rings. The summed E-state index contributed by atoms with van der Waals surface area (Å²) in [4.78, 5) is 11.2. The van der Waals surface area contributed by atoms with Crippen LogP contribution in [-0.2, 0) is 0 Å². The highest BCUT2D eigenvalue weighted by Gasteiger charge is 2.16. The van der Waals surface area contributed by atoms with Crippen molar-refractivity contribution in [3.05, 3.63) is 76.3 Å². The van der Waals surface area contributed by atoms with Crippen LogP contribution in [0, 0.1) is 17.0 Å². The molecule has 4 rings (SSSR count). The summed E-state index contributed by atoms with van der Waals surface area (Å²) in [5.74, 6) is 0. The lowest BCUT2D eigenvalue weighted by atomic mass is 9.94. The van der Waals surface area contributed by atoms with Crippen LogP contribution < -0.4 is 0 Å². The second kappa shape index (κ2) is 4.53. The van der Waals surface area contributed by atoms with Gasteiger partial charge in [0.1, 0.15) is 0 Å². The smallest absolute Gasteiger partial charge is 0.258 e. The maximum absolute atomic E-state index is 11.5. The molecule has 0 heterocycles. The van der Waals surface area contributed by atoms with E-state index >= 15 is 0 Å². The maximum Gasteiger partial charge on any atom is 0.277 e. The summed E-state index contributed by atoms with van der Waals surface area (Å²) >= 11 is 0. The summed E-state index contributed by atoms with van der Waals surface area (Å²) < 4.78 is 0. The zero-order valence-electron chi connectivity index (χ0n) is 12.0. The van der Waals surface area contributed by atoms with E-state index in [0.29, 0.717) is 5.39 Å². The van der Waals surface area contributed by atoms with Crippen LogP contribution in [0.5, 0.6) is 0 Å². The van der Waals surface area contributed by atoms with E-state index in [2.05, 4.69) is 25.1 Å². The Morgan fingerprint density at radius 3 is 2.09 bits per heavy atom. The van der Waals surface area contributed by atoms with Gasteiger partial charge < -0.3 is 0 Å². The van der Waals surface area contributed by atoms with Crippen LogP contribution >= 0.6 is 0 Å². The Labute approximate surface area is 126 Å². The summed E-state index contributed by atoms with van der Waals surface area (Å²) in [6.45, 7) is 2.06. The van der Waals surface area contributed by atoms with Crippen molar-refractivity contribution < 1.29 is 4.92 Å².